The van der Waals surface area contributed by atoms with Crippen molar-refractivity contribution in [3.05, 3.63) is 30.3 Å². The third-order valence-electron chi connectivity index (χ3n) is 2.04. The van der Waals surface area contributed by atoms with Crippen molar-refractivity contribution in [2.24, 2.45) is 0 Å². The van der Waals surface area contributed by atoms with E-state index in [0.717, 1.165) is 10.7 Å². The minimum atomic E-state index is -4.16. The Morgan fingerprint density at radius 2 is 1.87 bits per heavy atom. The predicted molar refractivity (Wildman–Crippen MR) is 60.2 cm³/mol. The van der Waals surface area contributed by atoms with Gasteiger partial charge in [0.2, 0.25) is 0 Å². The topological polar surface area (TPSA) is 57.6 Å². The third kappa shape index (κ3) is 3.53. The van der Waals surface area contributed by atoms with Crippen LogP contribution in [-0.2, 0) is 10.3 Å². The maximum Gasteiger partial charge on any atom is 0.359 e. The first-order valence-corrected chi connectivity index (χ1v) is 6.25. The fourth-order valence-corrected chi connectivity index (χ4v) is 2.02. The van der Waals surface area contributed by atoms with E-state index in [2.05, 4.69) is 0 Å². The molecular formula is C10H15NO3S. The van der Waals surface area contributed by atoms with Crippen molar-refractivity contribution in [3.63, 3.8) is 0 Å². The van der Waals surface area contributed by atoms with Crippen LogP contribution in [0.1, 0.15) is 19.8 Å². The summed E-state index contributed by atoms with van der Waals surface area (Å²) < 4.78 is 32.3. The van der Waals surface area contributed by atoms with E-state index in [4.69, 9.17) is 4.55 Å². The molecule has 0 saturated heterocycles. The van der Waals surface area contributed by atoms with E-state index in [1.165, 1.54) is 0 Å². The number of hydrogen-bond acceptors (Lipinski definition) is 2. The average molecular weight is 229 g/mol. The van der Waals surface area contributed by atoms with Crippen molar-refractivity contribution in [1.82, 2.24) is 0 Å². The van der Waals surface area contributed by atoms with Crippen LogP contribution in [0.3, 0.4) is 0 Å². The Labute approximate surface area is 90.4 Å². The van der Waals surface area contributed by atoms with Crippen LogP contribution in [0.5, 0.6) is 0 Å². The van der Waals surface area contributed by atoms with Crippen molar-refractivity contribution < 1.29 is 13.0 Å². The highest BCUT2D eigenvalue weighted by molar-refractivity contribution is 7.87. The molecule has 0 aromatic heterocycles. The number of hydrogen-bond donors (Lipinski definition) is 1. The van der Waals surface area contributed by atoms with E-state index in [1.807, 2.05) is 6.92 Å². The number of para-hydroxylation sites is 1. The van der Waals surface area contributed by atoms with E-state index in [0.29, 0.717) is 18.7 Å². The zero-order chi connectivity index (χ0) is 11.3. The molecule has 4 nitrogen and oxygen atoms in total. The Kier molecular flexibility index (Phi) is 4.11. The van der Waals surface area contributed by atoms with Crippen LogP contribution in [-0.4, -0.2) is 19.5 Å². The zero-order valence-corrected chi connectivity index (χ0v) is 9.44. The lowest BCUT2D eigenvalue weighted by atomic mass is 10.3. The lowest BCUT2D eigenvalue weighted by Crippen LogP contribution is -2.31. The van der Waals surface area contributed by atoms with Gasteiger partial charge in [0.05, 0.1) is 5.69 Å². The highest BCUT2D eigenvalue weighted by Gasteiger charge is 2.17. The van der Waals surface area contributed by atoms with Gasteiger partial charge in [-0.05, 0) is 18.6 Å². The second-order valence-electron chi connectivity index (χ2n) is 3.24. The first kappa shape index (κ1) is 12.0. The smallest absolute Gasteiger partial charge is 0.269 e. The molecule has 0 bridgehead atoms. The first-order valence-electron chi connectivity index (χ1n) is 4.86. The Morgan fingerprint density at radius 3 is 2.33 bits per heavy atom. The predicted octanol–water partition coefficient (Wildman–Crippen LogP) is 2.10. The van der Waals surface area contributed by atoms with Gasteiger partial charge in [-0.15, -0.1) is 0 Å². The van der Waals surface area contributed by atoms with Crippen LogP contribution >= 0.6 is 0 Å². The van der Waals surface area contributed by atoms with Gasteiger partial charge < -0.3 is 0 Å². The van der Waals surface area contributed by atoms with Crippen molar-refractivity contribution in [3.8, 4) is 0 Å². The second-order valence-corrected chi connectivity index (χ2v) is 4.58. The zero-order valence-electron chi connectivity index (χ0n) is 8.63. The quantitative estimate of drug-likeness (QED) is 0.786. The summed E-state index contributed by atoms with van der Waals surface area (Å²) in [6.07, 6.45) is 1.59. The minimum absolute atomic E-state index is 0.305. The fraction of sp³-hybridized carbons (Fsp3) is 0.400. The summed E-state index contributed by atoms with van der Waals surface area (Å²) in [6, 6.07) is 8.58. The van der Waals surface area contributed by atoms with Gasteiger partial charge in [0, 0.05) is 6.54 Å². The van der Waals surface area contributed by atoms with Crippen LogP contribution in [0.4, 0.5) is 5.69 Å². The van der Waals surface area contributed by atoms with Crippen LogP contribution < -0.4 is 4.31 Å². The maximum absolute atomic E-state index is 11.1. The summed E-state index contributed by atoms with van der Waals surface area (Å²) in [5.74, 6) is 0. The number of benzene rings is 1. The number of rotatable bonds is 5. The summed E-state index contributed by atoms with van der Waals surface area (Å²) in [6.45, 7) is 2.27. The van der Waals surface area contributed by atoms with Gasteiger partial charge in [-0.1, -0.05) is 31.5 Å². The summed E-state index contributed by atoms with van der Waals surface area (Å²) in [5, 5.41) is 0. The van der Waals surface area contributed by atoms with Crippen molar-refractivity contribution in [1.29, 1.82) is 0 Å². The highest BCUT2D eigenvalue weighted by atomic mass is 32.2. The Balaban J connectivity index is 2.92. The summed E-state index contributed by atoms with van der Waals surface area (Å²) in [5.41, 5.74) is 0.494. The molecule has 5 heteroatoms. The molecule has 84 valence electrons. The molecule has 0 atom stereocenters. The molecule has 0 heterocycles. The molecule has 0 spiro atoms. The lowest BCUT2D eigenvalue weighted by molar-refractivity contribution is 0.477. The van der Waals surface area contributed by atoms with E-state index in [1.54, 1.807) is 30.3 Å². The molecule has 1 rings (SSSR count). The number of nitrogens with zero attached hydrogens (tertiary/aromatic N) is 1. The number of anilines is 1. The third-order valence-corrected chi connectivity index (χ3v) is 2.99. The monoisotopic (exact) mass is 229 g/mol. The molecule has 0 aliphatic carbocycles. The van der Waals surface area contributed by atoms with Crippen LogP contribution in [0.25, 0.3) is 0 Å². The van der Waals surface area contributed by atoms with Gasteiger partial charge in [0.15, 0.2) is 0 Å². The Hall–Kier alpha value is -1.07. The Morgan fingerprint density at radius 1 is 1.27 bits per heavy atom. The molecule has 1 aromatic carbocycles. The molecule has 0 aliphatic heterocycles. The van der Waals surface area contributed by atoms with Gasteiger partial charge in [-0.25, -0.2) is 4.31 Å². The molecule has 1 N–H and O–H groups in total. The van der Waals surface area contributed by atoms with E-state index >= 15 is 0 Å². The SMILES string of the molecule is CCCCN(c1ccccc1)S(=O)(=O)O. The lowest BCUT2D eigenvalue weighted by Gasteiger charge is -2.20. The molecule has 0 amide bonds. The normalized spacial score (nSPS) is 11.3. The molecule has 1 aromatic rings. The summed E-state index contributed by atoms with van der Waals surface area (Å²) in [7, 11) is -4.16. The van der Waals surface area contributed by atoms with Crippen LogP contribution in [0.2, 0.25) is 0 Å². The van der Waals surface area contributed by atoms with Crippen LogP contribution in [0.15, 0.2) is 30.3 Å². The van der Waals surface area contributed by atoms with E-state index in [9.17, 15) is 8.42 Å². The summed E-state index contributed by atoms with van der Waals surface area (Å²) in [4.78, 5) is 0. The highest BCUT2D eigenvalue weighted by Crippen LogP contribution is 2.16. The van der Waals surface area contributed by atoms with Crippen molar-refractivity contribution in [2.45, 2.75) is 19.8 Å². The van der Waals surface area contributed by atoms with E-state index in [-0.39, 0.29) is 0 Å². The summed E-state index contributed by atoms with van der Waals surface area (Å²) >= 11 is 0. The van der Waals surface area contributed by atoms with Crippen molar-refractivity contribution >= 4 is 16.0 Å². The minimum Gasteiger partial charge on any atom is -0.269 e. The molecule has 0 unspecified atom stereocenters. The molecule has 15 heavy (non-hydrogen) atoms. The second kappa shape index (κ2) is 5.14. The van der Waals surface area contributed by atoms with Gasteiger partial charge in [-0.2, -0.15) is 8.42 Å². The average Bonchev–Trinajstić information content (AvgIpc) is 2.18. The molecular weight excluding hydrogens is 214 g/mol. The largest absolute Gasteiger partial charge is 0.359 e. The van der Waals surface area contributed by atoms with Gasteiger partial charge >= 0.3 is 10.3 Å². The van der Waals surface area contributed by atoms with Gasteiger partial charge in [0.25, 0.3) is 0 Å². The van der Waals surface area contributed by atoms with E-state index < -0.39 is 10.3 Å². The van der Waals surface area contributed by atoms with Crippen molar-refractivity contribution in [2.75, 3.05) is 10.8 Å². The standard InChI is InChI=1S/C10H15NO3S/c1-2-3-9-11(15(12,13)14)10-7-5-4-6-8-10/h4-8H,2-3,9H2,1H3,(H,12,13,14). The Bertz CT molecular complexity index is 388. The van der Waals surface area contributed by atoms with Gasteiger partial charge in [0.1, 0.15) is 0 Å². The first-order chi connectivity index (χ1) is 7.05. The number of unbranched alkanes of at least 4 members (excludes halogenated alkanes) is 1. The fourth-order valence-electron chi connectivity index (χ4n) is 1.27. The molecule has 0 radical (unpaired) electrons. The molecule has 0 fully saturated rings. The van der Waals surface area contributed by atoms with Crippen LogP contribution in [0, 0.1) is 0 Å². The van der Waals surface area contributed by atoms with Gasteiger partial charge in [-0.3, -0.25) is 4.55 Å². The molecule has 0 aliphatic rings. The maximum atomic E-state index is 11.1. The molecule has 0 saturated carbocycles.